The molecule has 120 valence electrons. The van der Waals surface area contributed by atoms with Crippen LogP contribution in [0.25, 0.3) is 0 Å². The molecule has 2 aromatic carbocycles. The van der Waals surface area contributed by atoms with Gasteiger partial charge in [-0.05, 0) is 23.3 Å². The van der Waals surface area contributed by atoms with Crippen LogP contribution in [0, 0.1) is 0 Å². The van der Waals surface area contributed by atoms with Crippen LogP contribution in [0.5, 0.6) is 0 Å². The average Bonchev–Trinajstić information content (AvgIpc) is 2.57. The van der Waals surface area contributed by atoms with Gasteiger partial charge in [0.25, 0.3) is 0 Å². The summed E-state index contributed by atoms with van der Waals surface area (Å²) in [6.07, 6.45) is 0.314. The molecule has 0 spiro atoms. The van der Waals surface area contributed by atoms with E-state index in [1.54, 1.807) is 24.3 Å². The lowest BCUT2D eigenvalue weighted by atomic mass is 10.0. The number of hydrogen-bond acceptors (Lipinski definition) is 3. The molecule has 0 bridgehead atoms. The summed E-state index contributed by atoms with van der Waals surface area (Å²) < 4.78 is 4.71. The second-order valence-electron chi connectivity index (χ2n) is 5.11. The first-order valence-electron chi connectivity index (χ1n) is 7.24. The lowest BCUT2D eigenvalue weighted by molar-refractivity contribution is -0.141. The highest BCUT2D eigenvalue weighted by Crippen LogP contribution is 2.18. The Morgan fingerprint density at radius 2 is 1.74 bits per heavy atom. The third kappa shape index (κ3) is 5.42. The molecule has 1 amide bonds. The first-order valence-corrected chi connectivity index (χ1v) is 7.62. The van der Waals surface area contributed by atoms with E-state index in [2.05, 4.69) is 5.32 Å². The fourth-order valence-corrected chi connectivity index (χ4v) is 2.35. The SMILES string of the molecule is COC(=O)C[C@H](NC(=O)Cc1ccc(Cl)cc1)c1ccccc1. The number of carbonyl (C=O) groups is 2. The van der Waals surface area contributed by atoms with E-state index in [0.717, 1.165) is 11.1 Å². The van der Waals surface area contributed by atoms with Crippen LogP contribution in [0.15, 0.2) is 54.6 Å². The molecule has 1 N–H and O–H groups in total. The van der Waals surface area contributed by atoms with Gasteiger partial charge in [-0.1, -0.05) is 54.1 Å². The lowest BCUT2D eigenvalue weighted by Crippen LogP contribution is -2.31. The van der Waals surface area contributed by atoms with Crippen molar-refractivity contribution in [3.63, 3.8) is 0 Å². The highest BCUT2D eigenvalue weighted by atomic mass is 35.5. The smallest absolute Gasteiger partial charge is 0.307 e. The quantitative estimate of drug-likeness (QED) is 0.826. The van der Waals surface area contributed by atoms with Crippen LogP contribution < -0.4 is 5.32 Å². The van der Waals surface area contributed by atoms with Crippen LogP contribution in [0.4, 0.5) is 0 Å². The lowest BCUT2D eigenvalue weighted by Gasteiger charge is -2.18. The second-order valence-corrected chi connectivity index (χ2v) is 5.55. The number of hydrogen-bond donors (Lipinski definition) is 1. The second kappa shape index (κ2) is 8.34. The van der Waals surface area contributed by atoms with Crippen molar-refractivity contribution >= 4 is 23.5 Å². The van der Waals surface area contributed by atoms with E-state index < -0.39 is 6.04 Å². The van der Waals surface area contributed by atoms with Gasteiger partial charge in [0, 0.05) is 5.02 Å². The standard InChI is InChI=1S/C18H18ClNO3/c1-23-18(22)12-16(14-5-3-2-4-6-14)20-17(21)11-13-7-9-15(19)10-8-13/h2-10,16H,11-12H2,1H3,(H,20,21)/t16-/m0/s1. The Morgan fingerprint density at radius 1 is 1.09 bits per heavy atom. The summed E-state index contributed by atoms with van der Waals surface area (Å²) in [5.41, 5.74) is 1.72. The molecule has 1 atom stereocenters. The molecular weight excluding hydrogens is 314 g/mol. The Bertz CT molecular complexity index is 656. The van der Waals surface area contributed by atoms with Crippen molar-refractivity contribution in [3.05, 3.63) is 70.7 Å². The van der Waals surface area contributed by atoms with Crippen LogP contribution >= 0.6 is 11.6 Å². The Labute approximate surface area is 140 Å². The van der Waals surface area contributed by atoms with Gasteiger partial charge in [-0.15, -0.1) is 0 Å². The van der Waals surface area contributed by atoms with E-state index in [-0.39, 0.29) is 24.7 Å². The van der Waals surface area contributed by atoms with Crippen molar-refractivity contribution < 1.29 is 14.3 Å². The van der Waals surface area contributed by atoms with Crippen LogP contribution in [-0.4, -0.2) is 19.0 Å². The van der Waals surface area contributed by atoms with Gasteiger partial charge in [0.2, 0.25) is 5.91 Å². The molecule has 2 aromatic rings. The highest BCUT2D eigenvalue weighted by Gasteiger charge is 2.18. The summed E-state index contributed by atoms with van der Waals surface area (Å²) in [5, 5.41) is 3.52. The Kier molecular flexibility index (Phi) is 6.18. The van der Waals surface area contributed by atoms with Gasteiger partial charge in [-0.3, -0.25) is 9.59 Å². The van der Waals surface area contributed by atoms with E-state index in [1.807, 2.05) is 30.3 Å². The monoisotopic (exact) mass is 331 g/mol. The normalized spacial score (nSPS) is 11.6. The topological polar surface area (TPSA) is 55.4 Å². The molecule has 0 heterocycles. The van der Waals surface area contributed by atoms with Gasteiger partial charge in [-0.2, -0.15) is 0 Å². The Hall–Kier alpha value is -2.33. The summed E-state index contributed by atoms with van der Waals surface area (Å²) in [6.45, 7) is 0. The zero-order valence-corrected chi connectivity index (χ0v) is 13.5. The number of ether oxygens (including phenoxy) is 1. The maximum atomic E-state index is 12.3. The molecule has 0 aliphatic rings. The molecule has 0 saturated carbocycles. The fraction of sp³-hybridized carbons (Fsp3) is 0.222. The van der Waals surface area contributed by atoms with Gasteiger partial charge >= 0.3 is 5.97 Å². The maximum absolute atomic E-state index is 12.3. The molecule has 0 unspecified atom stereocenters. The molecular formula is C18H18ClNO3. The van der Waals surface area contributed by atoms with Crippen LogP contribution in [0.2, 0.25) is 5.02 Å². The van der Waals surface area contributed by atoms with Gasteiger partial charge < -0.3 is 10.1 Å². The molecule has 5 heteroatoms. The number of nitrogens with one attached hydrogen (secondary N) is 1. The van der Waals surface area contributed by atoms with E-state index in [0.29, 0.717) is 5.02 Å². The first kappa shape index (κ1) is 17.0. The van der Waals surface area contributed by atoms with Crippen molar-refractivity contribution in [1.29, 1.82) is 0 Å². The van der Waals surface area contributed by atoms with Crippen LogP contribution in [-0.2, 0) is 20.7 Å². The Morgan fingerprint density at radius 3 is 2.35 bits per heavy atom. The molecule has 0 saturated heterocycles. The minimum Gasteiger partial charge on any atom is -0.469 e. The van der Waals surface area contributed by atoms with Crippen molar-refractivity contribution in [2.75, 3.05) is 7.11 Å². The van der Waals surface area contributed by atoms with Crippen molar-refractivity contribution in [2.24, 2.45) is 0 Å². The summed E-state index contributed by atoms with van der Waals surface area (Å²) in [6, 6.07) is 16.0. The van der Waals surface area contributed by atoms with Crippen molar-refractivity contribution in [2.45, 2.75) is 18.9 Å². The minimum absolute atomic E-state index is 0.0901. The first-order chi connectivity index (χ1) is 11.1. The van der Waals surface area contributed by atoms with Crippen molar-refractivity contribution in [3.8, 4) is 0 Å². The Balaban J connectivity index is 2.05. The molecule has 23 heavy (non-hydrogen) atoms. The molecule has 0 aliphatic heterocycles. The van der Waals surface area contributed by atoms with Gasteiger partial charge in [-0.25, -0.2) is 0 Å². The molecule has 0 fully saturated rings. The van der Waals surface area contributed by atoms with Crippen molar-refractivity contribution in [1.82, 2.24) is 5.32 Å². The number of amides is 1. The molecule has 0 aromatic heterocycles. The van der Waals surface area contributed by atoms with E-state index >= 15 is 0 Å². The summed E-state index contributed by atoms with van der Waals surface area (Å²) >= 11 is 5.83. The van der Waals surface area contributed by atoms with Crippen LogP contribution in [0.3, 0.4) is 0 Å². The van der Waals surface area contributed by atoms with Crippen LogP contribution in [0.1, 0.15) is 23.6 Å². The molecule has 2 rings (SSSR count). The van der Waals surface area contributed by atoms with E-state index in [9.17, 15) is 9.59 Å². The van der Waals surface area contributed by atoms with E-state index in [4.69, 9.17) is 16.3 Å². The largest absolute Gasteiger partial charge is 0.469 e. The zero-order chi connectivity index (χ0) is 16.7. The summed E-state index contributed by atoms with van der Waals surface area (Å²) in [7, 11) is 1.33. The average molecular weight is 332 g/mol. The minimum atomic E-state index is -0.413. The number of carbonyl (C=O) groups excluding carboxylic acids is 2. The van der Waals surface area contributed by atoms with Gasteiger partial charge in [0.15, 0.2) is 0 Å². The summed E-state index contributed by atoms with van der Waals surface area (Å²) in [5.74, 6) is -0.532. The third-order valence-corrected chi connectivity index (χ3v) is 3.67. The fourth-order valence-electron chi connectivity index (χ4n) is 2.22. The van der Waals surface area contributed by atoms with Gasteiger partial charge in [0.1, 0.15) is 0 Å². The molecule has 0 aliphatic carbocycles. The number of rotatable bonds is 6. The number of halogens is 1. The van der Waals surface area contributed by atoms with Gasteiger partial charge in [0.05, 0.1) is 26.0 Å². The maximum Gasteiger partial charge on any atom is 0.307 e. The van der Waals surface area contributed by atoms with E-state index in [1.165, 1.54) is 7.11 Å². The zero-order valence-electron chi connectivity index (χ0n) is 12.8. The number of methoxy groups -OCH3 is 1. The number of benzene rings is 2. The number of esters is 1. The molecule has 0 radical (unpaired) electrons. The third-order valence-electron chi connectivity index (χ3n) is 3.41. The molecule has 4 nitrogen and oxygen atoms in total. The highest BCUT2D eigenvalue weighted by molar-refractivity contribution is 6.30. The predicted octanol–water partition coefficient (Wildman–Crippen LogP) is 3.30. The summed E-state index contributed by atoms with van der Waals surface area (Å²) in [4.78, 5) is 23.8. The predicted molar refractivity (Wildman–Crippen MR) is 89.1 cm³/mol.